The van der Waals surface area contributed by atoms with E-state index in [1.807, 2.05) is 11.8 Å². The van der Waals surface area contributed by atoms with Gasteiger partial charge in [0.2, 0.25) is 0 Å². The number of hydrogen-bond donors (Lipinski definition) is 3. The summed E-state index contributed by atoms with van der Waals surface area (Å²) in [5.74, 6) is -2.15. The van der Waals surface area contributed by atoms with Crippen LogP contribution < -0.4 is 10.2 Å². The van der Waals surface area contributed by atoms with Gasteiger partial charge in [-0.3, -0.25) is 0 Å². The number of rotatable bonds is 5. The first-order valence-corrected chi connectivity index (χ1v) is 13.0. The minimum Gasteiger partial charge on any atom is -0.478 e. The van der Waals surface area contributed by atoms with Crippen LogP contribution in [0.3, 0.4) is 0 Å². The lowest BCUT2D eigenvalue weighted by Gasteiger charge is -2.34. The van der Waals surface area contributed by atoms with Gasteiger partial charge in [-0.2, -0.15) is 0 Å². The van der Waals surface area contributed by atoms with Gasteiger partial charge >= 0.3 is 11.9 Å². The molecule has 1 saturated heterocycles. The van der Waals surface area contributed by atoms with Gasteiger partial charge in [0, 0.05) is 59.7 Å². The Morgan fingerprint density at radius 2 is 1.43 bits per heavy atom. The molecule has 3 aromatic carbocycles. The molecule has 0 radical (unpaired) electrons. The van der Waals surface area contributed by atoms with Crippen molar-refractivity contribution < 1.29 is 19.8 Å². The summed E-state index contributed by atoms with van der Waals surface area (Å²) < 4.78 is 0. The lowest BCUT2D eigenvalue weighted by atomic mass is 9.92. The molecular weight excluding hydrogens is 486 g/mol. The maximum atomic E-state index is 9.55. The third-order valence-corrected chi connectivity index (χ3v) is 7.66. The summed E-state index contributed by atoms with van der Waals surface area (Å²) in [6.07, 6.45) is 1.12. The fourth-order valence-corrected chi connectivity index (χ4v) is 5.27. The molecule has 1 unspecified atom stereocenters. The highest BCUT2D eigenvalue weighted by atomic mass is 32.2. The van der Waals surface area contributed by atoms with E-state index in [4.69, 9.17) is 10.2 Å². The molecule has 0 aromatic heterocycles. The van der Waals surface area contributed by atoms with E-state index in [1.54, 1.807) is 0 Å². The summed E-state index contributed by atoms with van der Waals surface area (Å²) >= 11 is 1.85. The molecule has 1 atom stereocenters. The Bertz CT molecular complexity index is 1270. The molecule has 0 spiro atoms. The standard InChI is InChI=1S/C25H27N3S.C4H4O4/c1-18(19-7-10-21(11-8-19)28-15-13-27(2)14-16-28)20-9-12-25-23(17-20)26-22-5-3-4-6-24(22)29-25;5-3(6)1-2-4(7)8/h3-12,17-18,26H,13-16H2,1-2H3;1-2H,(H,5,6)(H,7,8)/b;2-1-. The summed E-state index contributed by atoms with van der Waals surface area (Å²) in [6, 6.07) is 24.6. The summed E-state index contributed by atoms with van der Waals surface area (Å²) in [5.41, 5.74) is 6.47. The van der Waals surface area contributed by atoms with Crippen LogP contribution in [0.5, 0.6) is 0 Å². The summed E-state index contributed by atoms with van der Waals surface area (Å²) in [5, 5.41) is 19.2. The number of carboxylic acids is 2. The maximum absolute atomic E-state index is 9.55. The van der Waals surface area contributed by atoms with Gasteiger partial charge in [0.25, 0.3) is 0 Å². The number of likely N-dealkylation sites (N-methyl/N-ethyl adjacent to an activating group) is 1. The van der Waals surface area contributed by atoms with Gasteiger partial charge in [-0.15, -0.1) is 0 Å². The molecular formula is C29H31N3O4S. The number of hydrogen-bond acceptors (Lipinski definition) is 6. The van der Waals surface area contributed by atoms with Crippen molar-refractivity contribution in [2.24, 2.45) is 0 Å². The Kier molecular flexibility index (Phi) is 8.53. The molecule has 192 valence electrons. The van der Waals surface area contributed by atoms with Crippen LogP contribution in [-0.4, -0.2) is 60.3 Å². The summed E-state index contributed by atoms with van der Waals surface area (Å²) in [6.45, 7) is 6.81. The zero-order chi connectivity index (χ0) is 26.4. The van der Waals surface area contributed by atoms with Crippen molar-refractivity contribution in [3.63, 3.8) is 0 Å². The van der Waals surface area contributed by atoms with E-state index in [0.717, 1.165) is 26.2 Å². The van der Waals surface area contributed by atoms with Gasteiger partial charge < -0.3 is 25.3 Å². The molecule has 3 aromatic rings. The van der Waals surface area contributed by atoms with Crippen LogP contribution in [0.25, 0.3) is 0 Å². The van der Waals surface area contributed by atoms with Crippen molar-refractivity contribution in [3.8, 4) is 0 Å². The van der Waals surface area contributed by atoms with Gasteiger partial charge in [0.05, 0.1) is 11.4 Å². The molecule has 2 aliphatic heterocycles. The predicted molar refractivity (Wildman–Crippen MR) is 148 cm³/mol. The average Bonchev–Trinajstić information content (AvgIpc) is 2.91. The van der Waals surface area contributed by atoms with Gasteiger partial charge in [-0.05, 0) is 54.6 Å². The van der Waals surface area contributed by atoms with Crippen LogP contribution in [0, 0.1) is 0 Å². The second kappa shape index (κ2) is 12.0. The highest BCUT2D eigenvalue weighted by Gasteiger charge is 2.18. The molecule has 37 heavy (non-hydrogen) atoms. The topological polar surface area (TPSA) is 93.1 Å². The van der Waals surface area contributed by atoms with E-state index in [1.165, 1.54) is 38.0 Å². The normalized spacial score (nSPS) is 15.6. The van der Waals surface area contributed by atoms with E-state index in [9.17, 15) is 9.59 Å². The second-order valence-electron chi connectivity index (χ2n) is 9.09. The first-order valence-electron chi connectivity index (χ1n) is 12.2. The van der Waals surface area contributed by atoms with Gasteiger partial charge in [0.15, 0.2) is 0 Å². The van der Waals surface area contributed by atoms with Crippen molar-refractivity contribution in [2.75, 3.05) is 43.4 Å². The highest BCUT2D eigenvalue weighted by Crippen LogP contribution is 2.45. The van der Waals surface area contributed by atoms with Crippen LogP contribution in [0.1, 0.15) is 24.0 Å². The number of carbonyl (C=O) groups is 2. The molecule has 2 heterocycles. The van der Waals surface area contributed by atoms with E-state index in [-0.39, 0.29) is 0 Å². The number of anilines is 3. The Labute approximate surface area is 221 Å². The molecule has 3 N–H and O–H groups in total. The smallest absolute Gasteiger partial charge is 0.328 e. The molecule has 7 nitrogen and oxygen atoms in total. The lowest BCUT2D eigenvalue weighted by Crippen LogP contribution is -2.44. The zero-order valence-corrected chi connectivity index (χ0v) is 21.7. The van der Waals surface area contributed by atoms with Crippen LogP contribution in [0.2, 0.25) is 0 Å². The zero-order valence-electron chi connectivity index (χ0n) is 20.9. The third kappa shape index (κ3) is 6.93. The number of fused-ring (bicyclic) bond motifs is 2. The average molecular weight is 518 g/mol. The summed E-state index contributed by atoms with van der Waals surface area (Å²) in [7, 11) is 2.20. The van der Waals surface area contributed by atoms with Crippen molar-refractivity contribution >= 4 is 40.8 Å². The second-order valence-corrected chi connectivity index (χ2v) is 10.2. The number of para-hydroxylation sites is 1. The minimum atomic E-state index is -1.26. The SMILES string of the molecule is CC(c1ccc(N2CCN(C)CC2)cc1)c1ccc2c(c1)Nc1ccccc1S2.O=C(O)/C=C\C(=O)O. The first kappa shape index (κ1) is 26.3. The number of benzene rings is 3. The van der Waals surface area contributed by atoms with Gasteiger partial charge in [-0.25, -0.2) is 9.59 Å². The number of carboxylic acid groups (broad SMARTS) is 2. The number of nitrogens with zero attached hydrogens (tertiary/aromatic N) is 2. The molecule has 2 aliphatic rings. The fraction of sp³-hybridized carbons (Fsp3) is 0.241. The molecule has 5 rings (SSSR count). The number of aliphatic carboxylic acids is 2. The van der Waals surface area contributed by atoms with Crippen molar-refractivity contribution in [1.82, 2.24) is 4.90 Å². The van der Waals surface area contributed by atoms with Crippen molar-refractivity contribution in [3.05, 3.63) is 90.0 Å². The molecule has 0 bridgehead atoms. The molecule has 8 heteroatoms. The van der Waals surface area contributed by atoms with Crippen molar-refractivity contribution in [2.45, 2.75) is 22.6 Å². The Hall–Kier alpha value is -3.75. The Morgan fingerprint density at radius 3 is 2.08 bits per heavy atom. The van der Waals surface area contributed by atoms with E-state index in [2.05, 4.69) is 95.8 Å². The predicted octanol–water partition coefficient (Wildman–Crippen LogP) is 5.51. The maximum Gasteiger partial charge on any atom is 0.328 e. The van der Waals surface area contributed by atoms with Crippen LogP contribution >= 0.6 is 11.8 Å². The van der Waals surface area contributed by atoms with Crippen LogP contribution in [0.15, 0.2) is 88.7 Å². The molecule has 0 amide bonds. The molecule has 0 aliphatic carbocycles. The van der Waals surface area contributed by atoms with Gasteiger partial charge in [-0.1, -0.05) is 49.0 Å². The van der Waals surface area contributed by atoms with Crippen LogP contribution in [-0.2, 0) is 9.59 Å². The lowest BCUT2D eigenvalue weighted by molar-refractivity contribution is -0.134. The largest absolute Gasteiger partial charge is 0.478 e. The first-order chi connectivity index (χ1) is 17.8. The third-order valence-electron chi connectivity index (χ3n) is 6.51. The molecule has 0 saturated carbocycles. The van der Waals surface area contributed by atoms with Crippen molar-refractivity contribution in [1.29, 1.82) is 0 Å². The monoisotopic (exact) mass is 517 g/mol. The minimum absolute atomic E-state index is 0.366. The fourth-order valence-electron chi connectivity index (χ4n) is 4.30. The van der Waals surface area contributed by atoms with E-state index < -0.39 is 11.9 Å². The Balaban J connectivity index is 0.000000349. The van der Waals surface area contributed by atoms with E-state index in [0.29, 0.717) is 18.1 Å². The summed E-state index contributed by atoms with van der Waals surface area (Å²) in [4.78, 5) is 26.6. The molecule has 1 fully saturated rings. The van der Waals surface area contributed by atoms with E-state index >= 15 is 0 Å². The van der Waals surface area contributed by atoms with Crippen LogP contribution in [0.4, 0.5) is 17.1 Å². The van der Waals surface area contributed by atoms with Gasteiger partial charge in [0.1, 0.15) is 0 Å². The Morgan fingerprint density at radius 1 is 0.838 bits per heavy atom. The number of piperazine rings is 1. The number of nitrogens with one attached hydrogen (secondary N) is 1. The highest BCUT2D eigenvalue weighted by molar-refractivity contribution is 7.99. The quantitative estimate of drug-likeness (QED) is 0.299.